The van der Waals surface area contributed by atoms with Gasteiger partial charge in [0.15, 0.2) is 0 Å². The van der Waals surface area contributed by atoms with E-state index in [-0.39, 0.29) is 18.2 Å². The number of aliphatic hydroxyl groups is 1. The van der Waals surface area contributed by atoms with Crippen LogP contribution >= 0.6 is 0 Å². The molecule has 4 aromatic heterocycles. The van der Waals surface area contributed by atoms with Gasteiger partial charge in [-0.05, 0) is 63.1 Å². The van der Waals surface area contributed by atoms with Crippen molar-refractivity contribution in [1.29, 1.82) is 5.26 Å². The second-order valence-electron chi connectivity index (χ2n) is 10.8. The monoisotopic (exact) mass is 572 g/mol. The van der Waals surface area contributed by atoms with Crippen molar-refractivity contribution in [1.82, 2.24) is 24.9 Å². The molecule has 0 spiro atoms. The molecular formula is C30H33FN8O3. The van der Waals surface area contributed by atoms with E-state index in [0.29, 0.717) is 34.9 Å². The number of hydrogen-bond acceptors (Lipinski definition) is 9. The van der Waals surface area contributed by atoms with Crippen LogP contribution in [0.25, 0.3) is 16.9 Å². The summed E-state index contributed by atoms with van der Waals surface area (Å²) in [7, 11) is 1.70. The molecule has 1 fully saturated rings. The normalized spacial score (nSPS) is 15.9. The highest BCUT2D eigenvalue weighted by atomic mass is 19.1. The second kappa shape index (κ2) is 12.1. The summed E-state index contributed by atoms with van der Waals surface area (Å²) in [6.07, 6.45) is 5.03. The van der Waals surface area contributed by atoms with Crippen molar-refractivity contribution in [2.75, 3.05) is 37.0 Å². The molecule has 0 aliphatic carbocycles. The number of methoxy groups -OCH3 is 1. The van der Waals surface area contributed by atoms with Crippen LogP contribution in [0.2, 0.25) is 0 Å². The fourth-order valence-electron chi connectivity index (χ4n) is 4.95. The lowest BCUT2D eigenvalue weighted by Gasteiger charge is -2.25. The zero-order valence-electron chi connectivity index (χ0n) is 23.7. The van der Waals surface area contributed by atoms with E-state index in [1.54, 1.807) is 30.0 Å². The smallest absolute Gasteiger partial charge is 0.255 e. The van der Waals surface area contributed by atoms with E-state index in [1.165, 1.54) is 26.2 Å². The molecule has 0 aromatic carbocycles. The number of anilines is 3. The summed E-state index contributed by atoms with van der Waals surface area (Å²) < 4.78 is 21.4. The first-order valence-electron chi connectivity index (χ1n) is 13.7. The number of nitrogens with one attached hydrogen (secondary N) is 2. The summed E-state index contributed by atoms with van der Waals surface area (Å²) in [5.41, 5.74) is 1.98. The highest BCUT2D eigenvalue weighted by Crippen LogP contribution is 2.29. The lowest BCUT2D eigenvalue weighted by Crippen LogP contribution is -2.42. The van der Waals surface area contributed by atoms with Crippen molar-refractivity contribution in [3.8, 4) is 17.5 Å². The summed E-state index contributed by atoms with van der Waals surface area (Å²) >= 11 is 0. The van der Waals surface area contributed by atoms with Gasteiger partial charge in [-0.25, -0.2) is 13.9 Å². The highest BCUT2D eigenvalue weighted by Gasteiger charge is 2.28. The number of aromatic nitrogens is 4. The molecular weight excluding hydrogens is 539 g/mol. The first kappa shape index (κ1) is 28.9. The minimum absolute atomic E-state index is 0.186. The van der Waals surface area contributed by atoms with E-state index in [4.69, 9.17) is 4.74 Å². The maximum absolute atomic E-state index is 14.4. The standard InChI is InChI=1S/C30H33FN8O3/c1-30(2,41)27(31)17-35-29(40)23-16-33-25(26-8-7-21-11-19(13-32)14-36-39(21)26)12-24(23)37-20-6-9-28(34-15-20)38-10-4-5-22(38)18-42-3/h6-9,11-12,14-16,22,27,41H,4-5,10,17-18H2,1-3H3,(H,33,37)(H,35,40). The minimum atomic E-state index is -1.66. The molecule has 0 bridgehead atoms. The third-order valence-corrected chi connectivity index (χ3v) is 7.31. The van der Waals surface area contributed by atoms with Gasteiger partial charge < -0.3 is 25.4 Å². The van der Waals surface area contributed by atoms with Crippen LogP contribution in [0, 0.1) is 11.3 Å². The Balaban J connectivity index is 1.45. The summed E-state index contributed by atoms with van der Waals surface area (Å²) in [4.78, 5) is 24.6. The number of carbonyl (C=O) groups is 1. The van der Waals surface area contributed by atoms with Crippen molar-refractivity contribution in [2.24, 2.45) is 0 Å². The van der Waals surface area contributed by atoms with Crippen LogP contribution in [0.15, 0.2) is 55.0 Å². The number of halogens is 1. The molecule has 1 amide bonds. The number of fused-ring (bicyclic) bond motifs is 1. The topological polar surface area (TPSA) is 141 Å². The van der Waals surface area contributed by atoms with Gasteiger partial charge in [0.25, 0.3) is 5.91 Å². The van der Waals surface area contributed by atoms with E-state index in [9.17, 15) is 19.6 Å². The SMILES string of the molecule is COCC1CCCN1c1ccc(Nc2cc(-c3ccc4cc(C#N)cnn34)ncc2C(=O)NCC(F)C(C)(C)O)cn1. The predicted molar refractivity (Wildman–Crippen MR) is 156 cm³/mol. The average molecular weight is 573 g/mol. The first-order chi connectivity index (χ1) is 20.2. The molecule has 218 valence electrons. The summed E-state index contributed by atoms with van der Waals surface area (Å²) in [5.74, 6) is 0.292. The van der Waals surface area contributed by atoms with Crippen molar-refractivity contribution >= 4 is 28.6 Å². The van der Waals surface area contributed by atoms with Crippen LogP contribution in [0.4, 0.5) is 21.6 Å². The number of hydrogen-bond donors (Lipinski definition) is 3. The van der Waals surface area contributed by atoms with E-state index in [1.807, 2.05) is 24.3 Å². The third-order valence-electron chi connectivity index (χ3n) is 7.31. The molecule has 4 aromatic rings. The number of nitrogens with zero attached hydrogens (tertiary/aromatic N) is 6. The zero-order valence-corrected chi connectivity index (χ0v) is 23.7. The Morgan fingerprint density at radius 2 is 2.07 bits per heavy atom. The van der Waals surface area contributed by atoms with Gasteiger partial charge in [0.05, 0.1) is 76.6 Å². The van der Waals surface area contributed by atoms with E-state index >= 15 is 0 Å². The lowest BCUT2D eigenvalue weighted by atomic mass is 10.0. The Hall–Kier alpha value is -4.60. The van der Waals surface area contributed by atoms with Crippen LogP contribution in [-0.2, 0) is 4.74 Å². The Labute approximate surface area is 243 Å². The van der Waals surface area contributed by atoms with Crippen LogP contribution in [0.3, 0.4) is 0 Å². The van der Waals surface area contributed by atoms with Gasteiger partial charge in [0, 0.05) is 19.9 Å². The molecule has 42 heavy (non-hydrogen) atoms. The van der Waals surface area contributed by atoms with Crippen LogP contribution < -0.4 is 15.5 Å². The molecule has 1 saturated heterocycles. The molecule has 11 nitrogen and oxygen atoms in total. The van der Waals surface area contributed by atoms with Gasteiger partial charge in [0.1, 0.15) is 18.1 Å². The maximum atomic E-state index is 14.4. The average Bonchev–Trinajstić information content (AvgIpc) is 3.62. The maximum Gasteiger partial charge on any atom is 0.255 e. The van der Waals surface area contributed by atoms with E-state index in [2.05, 4.69) is 36.7 Å². The Kier molecular flexibility index (Phi) is 8.33. The quantitative estimate of drug-likeness (QED) is 0.258. The molecule has 2 atom stereocenters. The number of alkyl halides is 1. The number of pyridine rings is 2. The van der Waals surface area contributed by atoms with Gasteiger partial charge in [-0.1, -0.05) is 0 Å². The molecule has 3 N–H and O–H groups in total. The van der Waals surface area contributed by atoms with Crippen LogP contribution in [-0.4, -0.2) is 75.2 Å². The van der Waals surface area contributed by atoms with Crippen molar-refractivity contribution in [2.45, 2.75) is 44.5 Å². The molecule has 2 unspecified atom stereocenters. The number of amides is 1. The van der Waals surface area contributed by atoms with Gasteiger partial charge in [-0.3, -0.25) is 9.78 Å². The molecule has 5 heterocycles. The largest absolute Gasteiger partial charge is 0.387 e. The molecule has 1 aliphatic heterocycles. The fourth-order valence-corrected chi connectivity index (χ4v) is 4.95. The molecule has 0 radical (unpaired) electrons. The van der Waals surface area contributed by atoms with Crippen molar-refractivity contribution in [3.63, 3.8) is 0 Å². The van der Waals surface area contributed by atoms with Gasteiger partial charge in [-0.2, -0.15) is 10.4 Å². The predicted octanol–water partition coefficient (Wildman–Crippen LogP) is 3.86. The number of nitriles is 1. The van der Waals surface area contributed by atoms with Crippen molar-refractivity contribution in [3.05, 3.63) is 66.1 Å². The van der Waals surface area contributed by atoms with Gasteiger partial charge in [-0.15, -0.1) is 0 Å². The molecule has 12 heteroatoms. The molecule has 0 saturated carbocycles. The summed E-state index contributed by atoms with van der Waals surface area (Å²) in [6.45, 7) is 3.86. The molecule has 1 aliphatic rings. The van der Waals surface area contributed by atoms with Crippen molar-refractivity contribution < 1.29 is 19.0 Å². The van der Waals surface area contributed by atoms with Crippen LogP contribution in [0.1, 0.15) is 42.6 Å². The Morgan fingerprint density at radius 3 is 2.79 bits per heavy atom. The first-order valence-corrected chi connectivity index (χ1v) is 13.7. The molecule has 5 rings (SSSR count). The number of rotatable bonds is 10. The highest BCUT2D eigenvalue weighted by molar-refractivity contribution is 6.00. The Bertz CT molecular complexity index is 1610. The summed E-state index contributed by atoms with van der Waals surface area (Å²) in [5, 5.41) is 29.3. The zero-order chi connectivity index (χ0) is 29.9. The number of carbonyl (C=O) groups excluding carboxylic acids is 1. The fraction of sp³-hybridized carbons (Fsp3) is 0.367. The summed E-state index contributed by atoms with van der Waals surface area (Å²) in [6, 6.07) is 13.3. The lowest BCUT2D eigenvalue weighted by molar-refractivity contribution is -0.00177. The van der Waals surface area contributed by atoms with Gasteiger partial charge >= 0.3 is 0 Å². The minimum Gasteiger partial charge on any atom is -0.387 e. The Morgan fingerprint density at radius 1 is 1.24 bits per heavy atom. The van der Waals surface area contributed by atoms with E-state index in [0.717, 1.165) is 30.7 Å². The van der Waals surface area contributed by atoms with Gasteiger partial charge in [0.2, 0.25) is 0 Å². The number of ether oxygens (including phenoxy) is 1. The second-order valence-corrected chi connectivity index (χ2v) is 10.8. The third kappa shape index (κ3) is 6.17. The van der Waals surface area contributed by atoms with E-state index < -0.39 is 17.7 Å². The van der Waals surface area contributed by atoms with Crippen LogP contribution in [0.5, 0.6) is 0 Å².